The van der Waals surface area contributed by atoms with Gasteiger partial charge in [0.05, 0.1) is 23.9 Å². The van der Waals surface area contributed by atoms with Gasteiger partial charge in [-0.3, -0.25) is 24.8 Å². The number of hydrogen-bond donors (Lipinski definition) is 3. The fourth-order valence-electron chi connectivity index (χ4n) is 3.66. The molecule has 0 aliphatic heterocycles. The van der Waals surface area contributed by atoms with Crippen molar-refractivity contribution in [3.05, 3.63) is 104 Å². The second kappa shape index (κ2) is 60.0. The molecule has 29 heteroatoms. The molecular formula is C44H69ClI5N2O12S4V3Y2-2. The van der Waals surface area contributed by atoms with Gasteiger partial charge in [-0.25, -0.2) is 18.0 Å². The monoisotopic (exact) mass is 1950 g/mol. The number of rotatable bonds is 8. The van der Waals surface area contributed by atoms with E-state index >= 15 is 0 Å². The third-order valence-electron chi connectivity index (χ3n) is 5.54. The van der Waals surface area contributed by atoms with E-state index in [2.05, 4.69) is 133 Å². The molecule has 0 bridgehead atoms. The number of ether oxygens (including phenoxy) is 2. The number of anilines is 2. The predicted octanol–water partition coefficient (Wildman–Crippen LogP) is 16.0. The van der Waals surface area contributed by atoms with Gasteiger partial charge < -0.3 is 14.9 Å². The van der Waals surface area contributed by atoms with E-state index < -0.39 is 42.6 Å². The standard InChI is InChI=1S/2C17H18NO3S.4C2H6.CH3ClO2S.CH4O3S.5HI.H2O.3V.2Y/c2*1-17(2,3)21-16(20)18-14-11-22-10-13(14)9-15(19)12-7-5-4-6-8-12;4*1-2;2*1-5(2,3)4;;;;;;;;;;;/h2*5-8,10-11H,9H2,1-3H3,(H,18,20);4*1-2H3;1H3;1H3,(H,2,3,4);5*1H;1H2;;;;;/q2*-1;;;;;;;;;;;;;;+2;+3;;/p-5. The van der Waals surface area contributed by atoms with Crippen molar-refractivity contribution in [2.24, 2.45) is 0 Å². The van der Waals surface area contributed by atoms with Crippen LogP contribution in [0.25, 0.3) is 0 Å². The summed E-state index contributed by atoms with van der Waals surface area (Å²) in [7, 11) is -1.73. The van der Waals surface area contributed by atoms with Crippen molar-refractivity contribution in [1.29, 1.82) is 0 Å². The maximum Gasteiger partial charge on any atom is 0 e. The summed E-state index contributed by atoms with van der Waals surface area (Å²) in [5.74, 6) is -0.000669. The van der Waals surface area contributed by atoms with Gasteiger partial charge in [0.1, 0.15) is 22.8 Å². The van der Waals surface area contributed by atoms with Crippen molar-refractivity contribution in [3.8, 4) is 0 Å². The van der Waals surface area contributed by atoms with Gasteiger partial charge in [-0.1, -0.05) is 66.5 Å². The molecule has 0 unspecified atom stereocenters. The Morgan fingerprint density at radius 3 is 1.04 bits per heavy atom. The number of ketones is 2. The molecule has 4 rings (SSSR count). The van der Waals surface area contributed by atoms with Crippen LogP contribution >= 0.6 is 133 Å². The molecule has 0 saturated heterocycles. The molecule has 5 N–H and O–H groups in total. The fourth-order valence-corrected chi connectivity index (χ4v) is 5.24. The minimum atomic E-state index is -3.67. The van der Waals surface area contributed by atoms with Crippen LogP contribution in [-0.2, 0) is 140 Å². The van der Waals surface area contributed by atoms with Crippen molar-refractivity contribution in [2.75, 3.05) is 23.1 Å². The molecule has 0 aliphatic rings. The molecule has 0 aliphatic carbocycles. The zero-order valence-electron chi connectivity index (χ0n) is 43.8. The van der Waals surface area contributed by atoms with Crippen LogP contribution in [0.2, 0.25) is 0 Å². The zero-order chi connectivity index (χ0) is 55.6. The molecule has 2 heterocycles. The number of nitrogens with one attached hydrogen (secondary N) is 2. The Labute approximate surface area is 579 Å². The van der Waals surface area contributed by atoms with E-state index in [0.29, 0.717) is 38.2 Å². The molecule has 0 atom stereocenters. The van der Waals surface area contributed by atoms with E-state index in [0.717, 1.165) is 17.4 Å². The molecule has 416 valence electrons. The summed E-state index contributed by atoms with van der Waals surface area (Å²) in [5.41, 5.74) is 2.96. The van der Waals surface area contributed by atoms with Crippen LogP contribution in [0.5, 0.6) is 0 Å². The molecule has 2 amide bonds. The van der Waals surface area contributed by atoms with Crippen LogP contribution in [-0.4, -0.2) is 74.3 Å². The van der Waals surface area contributed by atoms with Gasteiger partial charge in [-0.2, -0.15) is 69.1 Å². The van der Waals surface area contributed by atoms with Gasteiger partial charge in [0.2, 0.25) is 9.05 Å². The second-order valence-electron chi connectivity index (χ2n) is 13.3. The maximum absolute atomic E-state index is 12.2. The van der Waals surface area contributed by atoms with Gasteiger partial charge in [-0.05, 0) is 63.4 Å². The Hall–Kier alpha value is 3.44. The Kier molecular flexibility index (Phi) is 81.1. The average molecular weight is 1950 g/mol. The summed E-state index contributed by atoms with van der Waals surface area (Å²) >= 11 is 15.0. The first-order valence-electron chi connectivity index (χ1n) is 20.5. The quantitative estimate of drug-likeness (QED) is 0.0494. The predicted molar refractivity (Wildman–Crippen MR) is 332 cm³/mol. The molecule has 2 aromatic heterocycles. The van der Waals surface area contributed by atoms with Crippen LogP contribution < -0.4 is 10.6 Å². The summed E-state index contributed by atoms with van der Waals surface area (Å²) in [5, 5.41) is 12.7. The van der Waals surface area contributed by atoms with Crippen LogP contribution in [0.15, 0.2) is 70.1 Å². The van der Waals surface area contributed by atoms with Gasteiger partial charge in [0, 0.05) is 118 Å². The normalized spacial score (nSPS) is 9.26. The molecule has 2 aromatic carbocycles. The largest absolute Gasteiger partial charge is 0 e. The van der Waals surface area contributed by atoms with E-state index in [-0.39, 0.29) is 119 Å². The third kappa shape index (κ3) is 75.4. The van der Waals surface area contributed by atoms with E-state index in [1.54, 1.807) is 101 Å². The molecule has 73 heavy (non-hydrogen) atoms. The summed E-state index contributed by atoms with van der Waals surface area (Å²) in [6.45, 7) is 26.8. The van der Waals surface area contributed by atoms with E-state index in [4.69, 9.17) is 14.0 Å². The number of amides is 2. The van der Waals surface area contributed by atoms with Crippen LogP contribution in [0.1, 0.15) is 129 Å². The Bertz CT molecular complexity index is 2000. The van der Waals surface area contributed by atoms with Gasteiger partial charge in [-0.15, -0.1) is 22.7 Å². The van der Waals surface area contributed by atoms with E-state index in [9.17, 15) is 36.0 Å². The Morgan fingerprint density at radius 1 is 0.644 bits per heavy atom. The smallest absolute Gasteiger partial charge is 0 e. The SMILES string of the molecule is CC.CC.CC.CC.CC(C)(C)OC(=O)Nc1cscc1CC(=O)c1cc[c-]cc1.CC(C)(C)OC(=O)Nc1cscc1CC(=O)c1cc[c-]cc1.CS(=O)(=O)Cl.CS(=O)(=O)O.O.[I][V]([I])[I].[I][V][I].[V].[Y].[Y]. The minimum Gasteiger partial charge on any atom is 0 e. The average Bonchev–Trinajstić information content (AvgIpc) is 3.87. The number of thiophene rings is 2. The van der Waals surface area contributed by atoms with E-state index in [1.165, 1.54) is 22.7 Å². The van der Waals surface area contributed by atoms with Crippen molar-refractivity contribution < 1.29 is 154 Å². The molecule has 0 saturated carbocycles. The summed E-state index contributed by atoms with van der Waals surface area (Å²) in [4.78, 5) is 47.8. The molecule has 4 aromatic rings. The summed E-state index contributed by atoms with van der Waals surface area (Å²) in [6.07, 6.45) is 1.07. The Morgan fingerprint density at radius 2 is 0.849 bits per heavy atom. The minimum absolute atomic E-state index is 0. The molecule has 0 spiro atoms. The van der Waals surface area contributed by atoms with Crippen molar-refractivity contribution in [3.63, 3.8) is 0 Å². The molecule has 0 fully saturated rings. The van der Waals surface area contributed by atoms with Crippen molar-refractivity contribution in [1.82, 2.24) is 0 Å². The first kappa shape index (κ1) is 98.6. The second-order valence-corrected chi connectivity index (χ2v) is 66.5. The maximum atomic E-state index is 12.2. The van der Waals surface area contributed by atoms with Gasteiger partial charge in [0.15, 0.2) is 0 Å². The summed E-state index contributed by atoms with van der Waals surface area (Å²) < 4.78 is 55.1. The number of benzene rings is 2. The number of carbonyl (C=O) groups is 4. The molecule has 3 radical (unpaired) electrons. The van der Waals surface area contributed by atoms with Gasteiger partial charge in [0.25, 0.3) is 10.1 Å². The van der Waals surface area contributed by atoms with Crippen molar-refractivity contribution >= 4 is 188 Å². The number of halogens is 6. The van der Waals surface area contributed by atoms with Crippen molar-refractivity contribution in [2.45, 2.75) is 121 Å². The van der Waals surface area contributed by atoms with Crippen LogP contribution in [0, 0.1) is 12.1 Å². The first-order valence-corrected chi connectivity index (χ1v) is 49.4. The Balaban J connectivity index is -0.0000000904. The fraction of sp³-hybridized carbons (Fsp3) is 0.455. The van der Waals surface area contributed by atoms with Crippen LogP contribution in [0.4, 0.5) is 21.0 Å². The van der Waals surface area contributed by atoms with Crippen LogP contribution in [0.3, 0.4) is 0 Å². The topological polar surface area (TPSA) is 231 Å². The number of Topliss-reactive ketones (excluding diaryl/α,β-unsaturated/α-hetero) is 2. The van der Waals surface area contributed by atoms with Gasteiger partial charge >= 0.3 is 126 Å². The number of hydrogen-bond acceptors (Lipinski definition) is 12. The molecular weight excluding hydrogens is 1880 g/mol. The third-order valence-corrected chi connectivity index (χ3v) is 7.12. The molecule has 14 nitrogen and oxygen atoms in total. The first-order chi connectivity index (χ1) is 31.8. The summed E-state index contributed by atoms with van der Waals surface area (Å²) in [6, 6.07) is 19.5. The zero-order valence-corrected chi connectivity index (χ0v) is 68.4. The number of carbonyl (C=O) groups excluding carboxylic acids is 4. The van der Waals surface area contributed by atoms with E-state index in [1.807, 2.05) is 66.2 Å².